The van der Waals surface area contributed by atoms with E-state index in [0.717, 1.165) is 25.4 Å². The highest BCUT2D eigenvalue weighted by Gasteiger charge is 2.29. The molecule has 0 saturated carbocycles. The summed E-state index contributed by atoms with van der Waals surface area (Å²) in [6.45, 7) is 12.3. The number of hydrogen-bond donors (Lipinski definition) is 2. The number of nitrogens with one attached hydrogen (secondary N) is 1. The minimum Gasteiger partial charge on any atom is -0.394 e. The van der Waals surface area contributed by atoms with E-state index in [9.17, 15) is 5.11 Å². The van der Waals surface area contributed by atoms with Gasteiger partial charge in [0.25, 0.3) is 0 Å². The zero-order chi connectivity index (χ0) is 12.2. The Hall–Kier alpha value is -0.120. The van der Waals surface area contributed by atoms with Crippen molar-refractivity contribution >= 4 is 0 Å². The predicted molar refractivity (Wildman–Crippen MR) is 68.6 cm³/mol. The Balaban J connectivity index is 2.37. The molecular weight excluding hydrogens is 200 g/mol. The Morgan fingerprint density at radius 2 is 2.12 bits per heavy atom. The zero-order valence-corrected chi connectivity index (χ0v) is 11.3. The second-order valence-corrected chi connectivity index (χ2v) is 5.68. The summed E-state index contributed by atoms with van der Waals surface area (Å²) < 4.78 is 0. The standard InChI is InChI=1S/C13H28N2O/c1-5-14-13(4,10-16)6-7-15-9-11(2)8-12(15)3/h11-12,14,16H,5-10H2,1-4H3. The molecule has 3 unspecified atom stereocenters. The van der Waals surface area contributed by atoms with Crippen molar-refractivity contribution in [3.8, 4) is 0 Å². The lowest BCUT2D eigenvalue weighted by molar-refractivity contribution is 0.144. The first-order valence-electron chi connectivity index (χ1n) is 6.60. The van der Waals surface area contributed by atoms with Crippen LogP contribution in [0, 0.1) is 5.92 Å². The molecular formula is C13H28N2O. The van der Waals surface area contributed by atoms with Crippen LogP contribution in [-0.4, -0.2) is 47.8 Å². The van der Waals surface area contributed by atoms with E-state index in [4.69, 9.17) is 0 Å². The van der Waals surface area contributed by atoms with Gasteiger partial charge in [-0.15, -0.1) is 0 Å². The second kappa shape index (κ2) is 5.99. The lowest BCUT2D eigenvalue weighted by atomic mass is 9.98. The van der Waals surface area contributed by atoms with Crippen LogP contribution in [0.25, 0.3) is 0 Å². The first-order valence-corrected chi connectivity index (χ1v) is 6.60. The van der Waals surface area contributed by atoms with Crippen LogP contribution >= 0.6 is 0 Å². The minimum absolute atomic E-state index is 0.111. The summed E-state index contributed by atoms with van der Waals surface area (Å²) in [6.07, 6.45) is 2.34. The van der Waals surface area contributed by atoms with Crippen LogP contribution in [-0.2, 0) is 0 Å². The Kier molecular flexibility index (Phi) is 5.22. The number of rotatable bonds is 6. The zero-order valence-electron chi connectivity index (χ0n) is 11.3. The normalized spacial score (nSPS) is 30.6. The molecule has 0 spiro atoms. The van der Waals surface area contributed by atoms with Crippen molar-refractivity contribution in [2.75, 3.05) is 26.2 Å². The molecule has 1 aliphatic heterocycles. The molecule has 2 N–H and O–H groups in total. The first kappa shape index (κ1) is 13.9. The largest absolute Gasteiger partial charge is 0.394 e. The first-order chi connectivity index (χ1) is 7.50. The van der Waals surface area contributed by atoms with Gasteiger partial charge in [0.15, 0.2) is 0 Å². The molecule has 0 radical (unpaired) electrons. The maximum absolute atomic E-state index is 9.43. The van der Waals surface area contributed by atoms with Crippen LogP contribution in [0.2, 0.25) is 0 Å². The quantitative estimate of drug-likeness (QED) is 0.722. The van der Waals surface area contributed by atoms with Gasteiger partial charge in [0, 0.05) is 24.7 Å². The molecule has 1 aliphatic rings. The van der Waals surface area contributed by atoms with Crippen molar-refractivity contribution in [1.29, 1.82) is 0 Å². The third-order valence-corrected chi connectivity index (χ3v) is 3.82. The van der Waals surface area contributed by atoms with E-state index in [2.05, 4.69) is 37.9 Å². The maximum Gasteiger partial charge on any atom is 0.0611 e. The Morgan fingerprint density at radius 1 is 1.44 bits per heavy atom. The highest BCUT2D eigenvalue weighted by molar-refractivity contribution is 4.86. The summed E-state index contributed by atoms with van der Waals surface area (Å²) in [5.41, 5.74) is -0.111. The Bertz CT molecular complexity index is 210. The fraction of sp³-hybridized carbons (Fsp3) is 1.00. The van der Waals surface area contributed by atoms with Crippen LogP contribution in [0.3, 0.4) is 0 Å². The summed E-state index contributed by atoms with van der Waals surface area (Å²) in [6, 6.07) is 0.708. The van der Waals surface area contributed by atoms with Crippen LogP contribution in [0.4, 0.5) is 0 Å². The number of hydrogen-bond acceptors (Lipinski definition) is 3. The molecule has 0 aliphatic carbocycles. The Morgan fingerprint density at radius 3 is 2.56 bits per heavy atom. The summed E-state index contributed by atoms with van der Waals surface area (Å²) in [5.74, 6) is 0.828. The second-order valence-electron chi connectivity index (χ2n) is 5.68. The molecule has 0 aromatic carbocycles. The molecule has 0 amide bonds. The van der Waals surface area contributed by atoms with Gasteiger partial charge in [-0.25, -0.2) is 0 Å². The van der Waals surface area contributed by atoms with Crippen molar-refractivity contribution in [2.45, 2.75) is 52.1 Å². The smallest absolute Gasteiger partial charge is 0.0611 e. The lowest BCUT2D eigenvalue weighted by Gasteiger charge is -2.31. The number of nitrogens with zero attached hydrogens (tertiary/aromatic N) is 1. The van der Waals surface area contributed by atoms with Crippen molar-refractivity contribution in [3.05, 3.63) is 0 Å². The Labute approximate surface area is 100 Å². The monoisotopic (exact) mass is 228 g/mol. The van der Waals surface area contributed by atoms with Gasteiger partial charge in [-0.3, -0.25) is 0 Å². The topological polar surface area (TPSA) is 35.5 Å². The van der Waals surface area contributed by atoms with E-state index in [1.807, 2.05) is 0 Å². The lowest BCUT2D eigenvalue weighted by Crippen LogP contribution is -2.48. The maximum atomic E-state index is 9.43. The van der Waals surface area contributed by atoms with E-state index in [-0.39, 0.29) is 12.1 Å². The number of aliphatic hydroxyl groups is 1. The van der Waals surface area contributed by atoms with E-state index in [0.29, 0.717) is 6.04 Å². The fourth-order valence-corrected chi connectivity index (χ4v) is 2.74. The molecule has 0 bridgehead atoms. The number of likely N-dealkylation sites (tertiary alicyclic amines) is 1. The van der Waals surface area contributed by atoms with Gasteiger partial charge in [-0.2, -0.15) is 0 Å². The molecule has 1 rings (SSSR count). The molecule has 0 aromatic rings. The van der Waals surface area contributed by atoms with Crippen LogP contribution in [0.5, 0.6) is 0 Å². The summed E-state index contributed by atoms with van der Waals surface area (Å²) in [4.78, 5) is 2.55. The molecule has 96 valence electrons. The van der Waals surface area contributed by atoms with Crippen molar-refractivity contribution in [1.82, 2.24) is 10.2 Å². The van der Waals surface area contributed by atoms with Crippen molar-refractivity contribution in [2.24, 2.45) is 5.92 Å². The van der Waals surface area contributed by atoms with Gasteiger partial charge in [0.05, 0.1) is 6.61 Å². The SMILES string of the molecule is CCNC(C)(CO)CCN1CC(C)CC1C. The molecule has 16 heavy (non-hydrogen) atoms. The molecule has 3 atom stereocenters. The van der Waals surface area contributed by atoms with Gasteiger partial charge in [0.1, 0.15) is 0 Å². The van der Waals surface area contributed by atoms with E-state index >= 15 is 0 Å². The molecule has 1 fully saturated rings. The number of likely N-dealkylation sites (N-methyl/N-ethyl adjacent to an activating group) is 1. The van der Waals surface area contributed by atoms with Gasteiger partial charge in [0.2, 0.25) is 0 Å². The highest BCUT2D eigenvalue weighted by atomic mass is 16.3. The van der Waals surface area contributed by atoms with Crippen LogP contribution in [0.15, 0.2) is 0 Å². The molecule has 3 nitrogen and oxygen atoms in total. The van der Waals surface area contributed by atoms with Crippen LogP contribution in [0.1, 0.15) is 40.5 Å². The van der Waals surface area contributed by atoms with E-state index in [1.54, 1.807) is 0 Å². The molecule has 3 heteroatoms. The van der Waals surface area contributed by atoms with Gasteiger partial charge < -0.3 is 15.3 Å². The summed E-state index contributed by atoms with van der Waals surface area (Å²) in [5, 5.41) is 12.8. The van der Waals surface area contributed by atoms with E-state index in [1.165, 1.54) is 13.0 Å². The fourth-order valence-electron chi connectivity index (χ4n) is 2.74. The average Bonchev–Trinajstić information content (AvgIpc) is 2.55. The molecule has 1 heterocycles. The third-order valence-electron chi connectivity index (χ3n) is 3.82. The van der Waals surface area contributed by atoms with Crippen LogP contribution < -0.4 is 5.32 Å². The van der Waals surface area contributed by atoms with Gasteiger partial charge in [-0.1, -0.05) is 13.8 Å². The summed E-state index contributed by atoms with van der Waals surface area (Å²) in [7, 11) is 0. The van der Waals surface area contributed by atoms with Crippen molar-refractivity contribution < 1.29 is 5.11 Å². The number of aliphatic hydroxyl groups excluding tert-OH is 1. The van der Waals surface area contributed by atoms with Gasteiger partial charge >= 0.3 is 0 Å². The molecule has 1 saturated heterocycles. The van der Waals surface area contributed by atoms with Gasteiger partial charge in [-0.05, 0) is 39.2 Å². The minimum atomic E-state index is -0.111. The van der Waals surface area contributed by atoms with Crippen molar-refractivity contribution in [3.63, 3.8) is 0 Å². The average molecular weight is 228 g/mol. The predicted octanol–water partition coefficient (Wildman–Crippen LogP) is 1.47. The van der Waals surface area contributed by atoms with E-state index < -0.39 is 0 Å². The third kappa shape index (κ3) is 3.72. The summed E-state index contributed by atoms with van der Waals surface area (Å²) >= 11 is 0. The highest BCUT2D eigenvalue weighted by Crippen LogP contribution is 2.23. The molecule has 0 aromatic heterocycles.